The molecule has 0 aliphatic heterocycles. The highest BCUT2D eigenvalue weighted by molar-refractivity contribution is 7.92. The van der Waals surface area contributed by atoms with Crippen molar-refractivity contribution in [1.82, 2.24) is 10.2 Å². The first-order chi connectivity index (χ1) is 21.1. The van der Waals surface area contributed by atoms with Crippen molar-refractivity contribution >= 4 is 50.7 Å². The summed E-state index contributed by atoms with van der Waals surface area (Å²) in [6.07, 6.45) is 0.938. The fourth-order valence-electron chi connectivity index (χ4n) is 4.75. The summed E-state index contributed by atoms with van der Waals surface area (Å²) in [5.41, 5.74) is 2.67. The Labute approximate surface area is 269 Å². The molecule has 0 spiro atoms. The van der Waals surface area contributed by atoms with Crippen molar-refractivity contribution in [1.29, 1.82) is 0 Å². The maximum atomic E-state index is 14.4. The second-order valence-electron chi connectivity index (χ2n) is 10.5. The smallest absolute Gasteiger partial charge is 0.264 e. The fourth-order valence-corrected chi connectivity index (χ4v) is 6.55. The Morgan fingerprint density at radius 3 is 2.09 bits per heavy atom. The summed E-state index contributed by atoms with van der Waals surface area (Å²) in [6, 6.07) is 28.2. The quantitative estimate of drug-likeness (QED) is 0.175. The molecule has 4 rings (SSSR count). The molecule has 0 aliphatic carbocycles. The molecule has 10 heteroatoms. The lowest BCUT2D eigenvalue weighted by Crippen LogP contribution is -2.53. The molecule has 1 N–H and O–H groups in total. The van der Waals surface area contributed by atoms with E-state index < -0.39 is 28.5 Å². The standard InChI is InChI=1S/C34H35Cl2N3O4S/c1-3-19-37-34(41)32(21-26-9-5-4-6-10-26)38(23-27-11-7-12-28(35)20-27)33(40)24-39(30-14-8-13-29(36)22-30)44(42,43)31-17-15-25(2)16-18-31/h4-18,20,22,32H,3,19,21,23-24H2,1-2H3,(H,37,41)/t32-/m1/s1. The highest BCUT2D eigenvalue weighted by atomic mass is 35.5. The van der Waals surface area contributed by atoms with Gasteiger partial charge in [-0.15, -0.1) is 0 Å². The van der Waals surface area contributed by atoms with Crippen molar-refractivity contribution in [3.8, 4) is 0 Å². The SMILES string of the molecule is CCCNC(=O)[C@@H](Cc1ccccc1)N(Cc1cccc(Cl)c1)C(=O)CN(c1cccc(Cl)c1)S(=O)(=O)c1ccc(C)cc1. The van der Waals surface area contributed by atoms with Gasteiger partial charge in [-0.1, -0.05) is 96.4 Å². The number of halogens is 2. The number of sulfonamides is 1. The Balaban J connectivity index is 1.80. The van der Waals surface area contributed by atoms with Gasteiger partial charge in [0, 0.05) is 29.6 Å². The molecule has 0 aliphatic rings. The number of hydrogen-bond donors (Lipinski definition) is 1. The number of benzene rings is 4. The Hall–Kier alpha value is -3.85. The van der Waals surface area contributed by atoms with Crippen LogP contribution in [0.5, 0.6) is 0 Å². The lowest BCUT2D eigenvalue weighted by molar-refractivity contribution is -0.140. The summed E-state index contributed by atoms with van der Waals surface area (Å²) in [7, 11) is -4.21. The van der Waals surface area contributed by atoms with Crippen LogP contribution in [0.2, 0.25) is 10.0 Å². The first-order valence-electron chi connectivity index (χ1n) is 14.3. The number of amides is 2. The third-order valence-electron chi connectivity index (χ3n) is 7.05. The van der Waals surface area contributed by atoms with E-state index in [2.05, 4.69) is 5.32 Å². The van der Waals surface area contributed by atoms with Crippen LogP contribution in [0.15, 0.2) is 108 Å². The Kier molecular flexibility index (Phi) is 11.4. The van der Waals surface area contributed by atoms with Crippen LogP contribution in [0.25, 0.3) is 0 Å². The minimum Gasteiger partial charge on any atom is -0.354 e. The molecule has 7 nitrogen and oxygen atoms in total. The number of rotatable bonds is 13. The number of carbonyl (C=O) groups is 2. The van der Waals surface area contributed by atoms with Crippen LogP contribution in [0.4, 0.5) is 5.69 Å². The summed E-state index contributed by atoms with van der Waals surface area (Å²) in [5.74, 6) is -0.894. The third-order valence-corrected chi connectivity index (χ3v) is 9.30. The fraction of sp³-hybridized carbons (Fsp3) is 0.235. The highest BCUT2D eigenvalue weighted by Crippen LogP contribution is 2.27. The Morgan fingerprint density at radius 2 is 1.45 bits per heavy atom. The lowest BCUT2D eigenvalue weighted by atomic mass is 10.0. The average Bonchev–Trinajstić information content (AvgIpc) is 3.01. The van der Waals surface area contributed by atoms with Crippen molar-refractivity contribution in [2.45, 2.75) is 44.2 Å². The molecule has 0 saturated heterocycles. The zero-order valence-corrected chi connectivity index (χ0v) is 26.9. The summed E-state index contributed by atoms with van der Waals surface area (Å²) >= 11 is 12.6. The zero-order chi connectivity index (χ0) is 31.7. The minimum atomic E-state index is -4.21. The molecule has 2 amide bonds. The largest absolute Gasteiger partial charge is 0.354 e. The molecule has 0 radical (unpaired) electrons. The van der Waals surface area contributed by atoms with Crippen LogP contribution in [-0.2, 0) is 32.6 Å². The highest BCUT2D eigenvalue weighted by Gasteiger charge is 2.34. The first-order valence-corrected chi connectivity index (χ1v) is 16.5. The van der Waals surface area contributed by atoms with E-state index in [1.807, 2.05) is 50.2 Å². The van der Waals surface area contributed by atoms with E-state index in [4.69, 9.17) is 23.2 Å². The molecule has 0 aromatic heterocycles. The Morgan fingerprint density at radius 1 is 0.818 bits per heavy atom. The van der Waals surface area contributed by atoms with Gasteiger partial charge in [-0.3, -0.25) is 13.9 Å². The van der Waals surface area contributed by atoms with E-state index in [0.29, 0.717) is 28.6 Å². The van der Waals surface area contributed by atoms with Gasteiger partial charge in [0.05, 0.1) is 10.6 Å². The van der Waals surface area contributed by atoms with Crippen molar-refractivity contribution in [3.63, 3.8) is 0 Å². The molecule has 4 aromatic rings. The van der Waals surface area contributed by atoms with Crippen molar-refractivity contribution < 1.29 is 18.0 Å². The molecule has 230 valence electrons. The van der Waals surface area contributed by atoms with Crippen LogP contribution in [0.1, 0.15) is 30.0 Å². The molecular formula is C34H35Cl2N3O4S. The van der Waals surface area contributed by atoms with Gasteiger partial charge < -0.3 is 10.2 Å². The predicted molar refractivity (Wildman–Crippen MR) is 176 cm³/mol. The van der Waals surface area contributed by atoms with Gasteiger partial charge in [0.25, 0.3) is 10.0 Å². The zero-order valence-electron chi connectivity index (χ0n) is 24.6. The topological polar surface area (TPSA) is 86.8 Å². The molecule has 44 heavy (non-hydrogen) atoms. The monoisotopic (exact) mass is 651 g/mol. The van der Waals surface area contributed by atoms with Crippen molar-refractivity contribution in [2.75, 3.05) is 17.4 Å². The number of nitrogens with one attached hydrogen (secondary N) is 1. The van der Waals surface area contributed by atoms with Gasteiger partial charge in [-0.2, -0.15) is 0 Å². The molecule has 1 atom stereocenters. The molecule has 0 fully saturated rings. The minimum absolute atomic E-state index is 0.0267. The van der Waals surface area contributed by atoms with Crippen LogP contribution < -0.4 is 9.62 Å². The molecular weight excluding hydrogens is 617 g/mol. The van der Waals surface area contributed by atoms with Crippen molar-refractivity contribution in [3.05, 3.63) is 130 Å². The lowest BCUT2D eigenvalue weighted by Gasteiger charge is -2.34. The van der Waals surface area contributed by atoms with Gasteiger partial charge in [-0.25, -0.2) is 8.42 Å². The number of aryl methyl sites for hydroxylation is 1. The van der Waals surface area contributed by atoms with E-state index in [1.165, 1.54) is 23.1 Å². The van der Waals surface area contributed by atoms with Crippen LogP contribution >= 0.6 is 23.2 Å². The van der Waals surface area contributed by atoms with Gasteiger partial charge in [0.2, 0.25) is 11.8 Å². The molecule has 0 saturated carbocycles. The first kappa shape index (κ1) is 33.1. The van der Waals surface area contributed by atoms with E-state index in [0.717, 1.165) is 15.4 Å². The van der Waals surface area contributed by atoms with Gasteiger partial charge in [0.15, 0.2) is 0 Å². The molecule has 4 aromatic carbocycles. The third kappa shape index (κ3) is 8.62. The number of nitrogens with zero attached hydrogens (tertiary/aromatic N) is 2. The van der Waals surface area contributed by atoms with Gasteiger partial charge in [-0.05, 0) is 66.9 Å². The maximum absolute atomic E-state index is 14.4. The maximum Gasteiger partial charge on any atom is 0.264 e. The molecule has 0 heterocycles. The summed E-state index contributed by atoms with van der Waals surface area (Å²) in [5, 5.41) is 3.73. The van der Waals surface area contributed by atoms with Crippen molar-refractivity contribution in [2.24, 2.45) is 0 Å². The summed E-state index contributed by atoms with van der Waals surface area (Å²) in [6.45, 7) is 3.70. The second-order valence-corrected chi connectivity index (χ2v) is 13.2. The number of anilines is 1. The average molecular weight is 653 g/mol. The van der Waals surface area contributed by atoms with E-state index in [-0.39, 0.29) is 29.5 Å². The van der Waals surface area contributed by atoms with Gasteiger partial charge >= 0.3 is 0 Å². The van der Waals surface area contributed by atoms with Crippen LogP contribution in [0, 0.1) is 6.92 Å². The number of carbonyl (C=O) groups excluding carboxylic acids is 2. The summed E-state index contributed by atoms with van der Waals surface area (Å²) in [4.78, 5) is 29.6. The van der Waals surface area contributed by atoms with Gasteiger partial charge in [0.1, 0.15) is 12.6 Å². The summed E-state index contributed by atoms with van der Waals surface area (Å²) < 4.78 is 29.2. The van der Waals surface area contributed by atoms with E-state index in [1.54, 1.807) is 48.5 Å². The normalized spacial score (nSPS) is 11.9. The predicted octanol–water partition coefficient (Wildman–Crippen LogP) is 6.66. The van der Waals surface area contributed by atoms with E-state index >= 15 is 0 Å². The Bertz CT molecular complexity index is 1680. The molecule has 0 unspecified atom stereocenters. The van der Waals surface area contributed by atoms with E-state index in [9.17, 15) is 18.0 Å². The second kappa shape index (κ2) is 15.2. The van der Waals surface area contributed by atoms with Crippen LogP contribution in [0.3, 0.4) is 0 Å². The number of hydrogen-bond acceptors (Lipinski definition) is 4. The van der Waals surface area contributed by atoms with Crippen LogP contribution in [-0.4, -0.2) is 44.3 Å². The molecule has 0 bridgehead atoms.